The smallest absolute Gasteiger partial charge is 0.161 e. The largest absolute Gasteiger partial charge is 0.504 e. The van der Waals surface area contributed by atoms with E-state index in [9.17, 15) is 5.11 Å². The number of phenols is 1. The van der Waals surface area contributed by atoms with Gasteiger partial charge in [-0.3, -0.25) is 0 Å². The number of nitrogens with one attached hydrogen (secondary N) is 1. The lowest BCUT2D eigenvalue weighted by Gasteiger charge is -2.11. The number of fused-ring (bicyclic) bond motifs is 1. The van der Waals surface area contributed by atoms with E-state index in [2.05, 4.69) is 15.3 Å². The van der Waals surface area contributed by atoms with Crippen molar-refractivity contribution in [3.8, 4) is 22.9 Å². The Kier molecular flexibility index (Phi) is 3.64. The van der Waals surface area contributed by atoms with Gasteiger partial charge in [-0.05, 0) is 44.4 Å². The third kappa shape index (κ3) is 2.51. The molecule has 1 aromatic carbocycles. The summed E-state index contributed by atoms with van der Waals surface area (Å²) in [5.41, 5.74) is 3.20. The fourth-order valence-corrected chi connectivity index (χ4v) is 2.69. The molecule has 2 N–H and O–H groups in total. The second-order valence-corrected chi connectivity index (χ2v) is 5.04. The topological polar surface area (TPSA) is 67.3 Å². The zero-order valence-corrected chi connectivity index (χ0v) is 12.3. The van der Waals surface area contributed by atoms with Crippen LogP contribution in [0.1, 0.15) is 24.6 Å². The Balaban J connectivity index is 2.06. The zero-order chi connectivity index (χ0) is 14.8. The highest BCUT2D eigenvalue weighted by Crippen LogP contribution is 2.33. The molecule has 0 bridgehead atoms. The lowest BCUT2D eigenvalue weighted by Crippen LogP contribution is -2.03. The van der Waals surface area contributed by atoms with Gasteiger partial charge in [0.15, 0.2) is 17.3 Å². The van der Waals surface area contributed by atoms with Gasteiger partial charge in [-0.25, -0.2) is 9.97 Å². The Bertz CT molecular complexity index is 671. The summed E-state index contributed by atoms with van der Waals surface area (Å²) >= 11 is 0. The summed E-state index contributed by atoms with van der Waals surface area (Å²) < 4.78 is 5.43. The Morgan fingerprint density at radius 2 is 2.14 bits per heavy atom. The van der Waals surface area contributed by atoms with Crippen LogP contribution in [0.4, 0.5) is 5.82 Å². The summed E-state index contributed by atoms with van der Waals surface area (Å²) in [6.07, 6.45) is 3.16. The van der Waals surface area contributed by atoms with Crippen LogP contribution in [0.3, 0.4) is 0 Å². The molecular weight excluding hydrogens is 266 g/mol. The van der Waals surface area contributed by atoms with Crippen LogP contribution < -0.4 is 10.1 Å². The van der Waals surface area contributed by atoms with E-state index in [1.807, 2.05) is 20.0 Å². The minimum Gasteiger partial charge on any atom is -0.504 e. The highest BCUT2D eigenvalue weighted by Gasteiger charge is 2.19. The molecule has 0 amide bonds. The first-order chi connectivity index (χ1) is 10.2. The van der Waals surface area contributed by atoms with Gasteiger partial charge < -0.3 is 15.2 Å². The average molecular weight is 285 g/mol. The summed E-state index contributed by atoms with van der Waals surface area (Å²) in [6, 6.07) is 5.22. The van der Waals surface area contributed by atoms with Crippen LogP contribution in [-0.2, 0) is 12.8 Å². The van der Waals surface area contributed by atoms with Crippen molar-refractivity contribution in [3.63, 3.8) is 0 Å². The number of aromatic hydroxyl groups is 1. The van der Waals surface area contributed by atoms with Crippen LogP contribution in [0.5, 0.6) is 11.5 Å². The number of aromatic nitrogens is 2. The molecule has 2 aromatic rings. The van der Waals surface area contributed by atoms with Crippen LogP contribution >= 0.6 is 0 Å². The average Bonchev–Trinajstić information content (AvgIpc) is 2.97. The SMILES string of the molecule is CCOc1cc(-c2nc3c(c(NC)n2)CCC3)ccc1O. The predicted molar refractivity (Wildman–Crippen MR) is 81.9 cm³/mol. The molecule has 3 rings (SSSR count). The van der Waals surface area contributed by atoms with Crippen molar-refractivity contribution in [3.05, 3.63) is 29.5 Å². The quantitative estimate of drug-likeness (QED) is 0.904. The van der Waals surface area contributed by atoms with Crippen LogP contribution in [0, 0.1) is 0 Å². The van der Waals surface area contributed by atoms with Crippen LogP contribution in [0.2, 0.25) is 0 Å². The zero-order valence-electron chi connectivity index (χ0n) is 12.3. The van der Waals surface area contributed by atoms with Crippen molar-refractivity contribution < 1.29 is 9.84 Å². The van der Waals surface area contributed by atoms with Gasteiger partial charge in [-0.2, -0.15) is 0 Å². The molecule has 0 aliphatic heterocycles. The second-order valence-electron chi connectivity index (χ2n) is 5.04. The van der Waals surface area contributed by atoms with Gasteiger partial charge in [0, 0.05) is 23.9 Å². The number of ether oxygens (including phenoxy) is 1. The van der Waals surface area contributed by atoms with E-state index in [1.165, 1.54) is 5.56 Å². The van der Waals surface area contributed by atoms with Crippen molar-refractivity contribution in [2.75, 3.05) is 19.0 Å². The number of aryl methyl sites for hydroxylation is 1. The fraction of sp³-hybridized carbons (Fsp3) is 0.375. The van der Waals surface area contributed by atoms with Gasteiger partial charge in [0.1, 0.15) is 5.82 Å². The van der Waals surface area contributed by atoms with Gasteiger partial charge in [-0.15, -0.1) is 0 Å². The van der Waals surface area contributed by atoms with Crippen molar-refractivity contribution in [2.45, 2.75) is 26.2 Å². The van der Waals surface area contributed by atoms with E-state index < -0.39 is 0 Å². The van der Waals surface area contributed by atoms with Gasteiger partial charge >= 0.3 is 0 Å². The van der Waals surface area contributed by atoms with Gasteiger partial charge in [0.05, 0.1) is 6.61 Å². The highest BCUT2D eigenvalue weighted by atomic mass is 16.5. The first-order valence-corrected chi connectivity index (χ1v) is 7.26. The van der Waals surface area contributed by atoms with E-state index in [0.29, 0.717) is 18.2 Å². The second kappa shape index (κ2) is 5.60. The third-order valence-electron chi connectivity index (χ3n) is 3.69. The molecular formula is C16H19N3O2. The fourth-order valence-electron chi connectivity index (χ4n) is 2.69. The maximum absolute atomic E-state index is 9.79. The molecule has 0 radical (unpaired) electrons. The molecule has 0 atom stereocenters. The summed E-state index contributed by atoms with van der Waals surface area (Å²) in [4.78, 5) is 9.28. The molecule has 1 aliphatic carbocycles. The van der Waals surface area contributed by atoms with E-state index in [4.69, 9.17) is 4.74 Å². The number of hydrogen-bond acceptors (Lipinski definition) is 5. The Morgan fingerprint density at radius 3 is 2.90 bits per heavy atom. The predicted octanol–water partition coefficient (Wildman–Crippen LogP) is 2.78. The maximum Gasteiger partial charge on any atom is 0.161 e. The standard InChI is InChI=1S/C16H19N3O2/c1-3-21-14-9-10(7-8-13(14)20)15-18-12-6-4-5-11(12)16(17-2)19-15/h7-9,20H,3-6H2,1-2H3,(H,17,18,19). The number of rotatable bonds is 4. The molecule has 1 heterocycles. The monoisotopic (exact) mass is 285 g/mol. The Labute approximate surface area is 124 Å². The summed E-state index contributed by atoms with van der Waals surface area (Å²) in [7, 11) is 1.88. The molecule has 1 aliphatic rings. The van der Waals surface area contributed by atoms with Crippen molar-refractivity contribution in [2.24, 2.45) is 0 Å². The van der Waals surface area contributed by atoms with Crippen molar-refractivity contribution >= 4 is 5.82 Å². The van der Waals surface area contributed by atoms with Crippen LogP contribution in [0.25, 0.3) is 11.4 Å². The van der Waals surface area contributed by atoms with E-state index in [-0.39, 0.29) is 5.75 Å². The van der Waals surface area contributed by atoms with E-state index >= 15 is 0 Å². The molecule has 5 nitrogen and oxygen atoms in total. The van der Waals surface area contributed by atoms with Crippen molar-refractivity contribution in [1.29, 1.82) is 0 Å². The van der Waals surface area contributed by atoms with Gasteiger partial charge in [-0.1, -0.05) is 0 Å². The molecule has 5 heteroatoms. The maximum atomic E-state index is 9.79. The minimum absolute atomic E-state index is 0.135. The molecule has 0 unspecified atom stereocenters. The number of benzene rings is 1. The summed E-state index contributed by atoms with van der Waals surface area (Å²) in [6.45, 7) is 2.39. The third-order valence-corrected chi connectivity index (χ3v) is 3.69. The molecule has 1 aromatic heterocycles. The van der Waals surface area contributed by atoms with Crippen LogP contribution in [0.15, 0.2) is 18.2 Å². The van der Waals surface area contributed by atoms with Gasteiger partial charge in [0.2, 0.25) is 0 Å². The van der Waals surface area contributed by atoms with Gasteiger partial charge in [0.25, 0.3) is 0 Å². The highest BCUT2D eigenvalue weighted by molar-refractivity contribution is 5.64. The molecule has 0 saturated carbocycles. The number of phenolic OH excluding ortho intramolecular Hbond substituents is 1. The number of hydrogen-bond donors (Lipinski definition) is 2. The molecule has 0 saturated heterocycles. The normalized spacial score (nSPS) is 13.0. The molecule has 21 heavy (non-hydrogen) atoms. The molecule has 0 spiro atoms. The summed E-state index contributed by atoms with van der Waals surface area (Å²) in [5.74, 6) is 2.17. The number of nitrogens with zero attached hydrogens (tertiary/aromatic N) is 2. The Hall–Kier alpha value is -2.30. The van der Waals surface area contributed by atoms with E-state index in [1.54, 1.807) is 12.1 Å². The van der Waals surface area contributed by atoms with Crippen molar-refractivity contribution in [1.82, 2.24) is 9.97 Å². The Morgan fingerprint density at radius 1 is 1.29 bits per heavy atom. The van der Waals surface area contributed by atoms with Crippen LogP contribution in [-0.4, -0.2) is 28.7 Å². The first-order valence-electron chi connectivity index (χ1n) is 7.26. The summed E-state index contributed by atoms with van der Waals surface area (Å²) in [5, 5.41) is 12.9. The minimum atomic E-state index is 0.135. The lowest BCUT2D eigenvalue weighted by atomic mass is 10.1. The molecule has 0 fully saturated rings. The number of anilines is 1. The van der Waals surface area contributed by atoms with E-state index in [0.717, 1.165) is 36.3 Å². The first kappa shape index (κ1) is 13.7. The molecule has 110 valence electrons. The lowest BCUT2D eigenvalue weighted by molar-refractivity contribution is 0.318.